The Morgan fingerprint density at radius 3 is 2.44 bits per heavy atom. The minimum atomic E-state index is -5.63. The molecule has 32 heavy (non-hydrogen) atoms. The molecule has 4 atom stereocenters. The molecule has 1 fully saturated rings. The van der Waals surface area contributed by atoms with Crippen LogP contribution in [-0.4, -0.2) is 55.0 Å². The van der Waals surface area contributed by atoms with E-state index < -0.39 is 53.7 Å². The maximum absolute atomic E-state index is 12.1. The van der Waals surface area contributed by atoms with Crippen LogP contribution in [0.25, 0.3) is 0 Å². The zero-order valence-corrected chi connectivity index (χ0v) is 18.9. The fraction of sp³-hybridized carbons (Fsp3) is 0.667. The van der Waals surface area contributed by atoms with Gasteiger partial charge >= 0.3 is 29.2 Å². The highest BCUT2D eigenvalue weighted by atomic mass is 31.3. The van der Waals surface area contributed by atoms with Gasteiger partial charge in [0.15, 0.2) is 0 Å². The van der Waals surface area contributed by atoms with Crippen molar-refractivity contribution in [3.8, 4) is 0 Å². The molecule has 1 aromatic heterocycles. The molecular formula is C12H22N3O14P3. The molecule has 1 aliphatic rings. The summed E-state index contributed by atoms with van der Waals surface area (Å²) in [4.78, 5) is 61.7. The molecule has 0 amide bonds. The highest BCUT2D eigenvalue weighted by molar-refractivity contribution is 7.66. The molecule has 0 bridgehead atoms. The van der Waals surface area contributed by atoms with E-state index in [9.17, 15) is 28.2 Å². The molecule has 20 heteroatoms. The maximum Gasteiger partial charge on any atom is 0.490 e. The van der Waals surface area contributed by atoms with Crippen LogP contribution in [-0.2, 0) is 42.9 Å². The number of hydrogen-bond donors (Lipinski definition) is 6. The van der Waals surface area contributed by atoms with Crippen LogP contribution in [0, 0.1) is 0 Å². The normalized spacial score (nSPS) is 23.0. The third-order valence-electron chi connectivity index (χ3n) is 3.80. The summed E-state index contributed by atoms with van der Waals surface area (Å²) in [7, 11) is -16.4. The Bertz CT molecular complexity index is 1050. The molecule has 1 saturated heterocycles. The SMILES string of the molecule is NCCOCc1cn(C2CCC(COP(=O)(O)OP(=O)(O)OP(=O)(O)O)O2)c(=O)[nH]c1=O. The molecule has 1 aromatic rings. The minimum Gasteiger partial charge on any atom is -0.375 e. The van der Waals surface area contributed by atoms with E-state index in [1.54, 1.807) is 0 Å². The molecule has 0 aliphatic carbocycles. The summed E-state index contributed by atoms with van der Waals surface area (Å²) < 4.78 is 57.2. The smallest absolute Gasteiger partial charge is 0.375 e. The van der Waals surface area contributed by atoms with Crippen LogP contribution in [0.5, 0.6) is 0 Å². The van der Waals surface area contributed by atoms with Gasteiger partial charge in [0, 0.05) is 12.7 Å². The Kier molecular flexibility index (Phi) is 9.30. The standard InChI is InChI=1S/C12H22N3O14P3/c13-3-4-25-6-8-5-15(12(17)14-11(8)16)10-2-1-9(27-10)7-26-31(21,22)29-32(23,24)28-30(18,19)20/h5,9-10H,1-4,6-7,13H2,(H,21,22)(H,23,24)(H,14,16,17)(H2,18,19,20). The Morgan fingerprint density at radius 2 is 1.81 bits per heavy atom. The lowest BCUT2D eigenvalue weighted by Gasteiger charge is -2.19. The predicted octanol–water partition coefficient (Wildman–Crippen LogP) is -0.967. The third-order valence-corrected chi connectivity index (χ3v) is 7.60. The largest absolute Gasteiger partial charge is 0.490 e. The molecule has 0 radical (unpaired) electrons. The van der Waals surface area contributed by atoms with Crippen LogP contribution in [0.4, 0.5) is 0 Å². The van der Waals surface area contributed by atoms with E-state index in [0.29, 0.717) is 0 Å². The summed E-state index contributed by atoms with van der Waals surface area (Å²) >= 11 is 0. The first kappa shape index (κ1) is 27.2. The van der Waals surface area contributed by atoms with Crippen molar-refractivity contribution in [2.45, 2.75) is 31.8 Å². The summed E-state index contributed by atoms with van der Waals surface area (Å²) in [6.45, 7) is -0.318. The van der Waals surface area contributed by atoms with Crippen LogP contribution >= 0.6 is 23.5 Å². The Balaban J connectivity index is 1.98. The van der Waals surface area contributed by atoms with Gasteiger partial charge in [0.25, 0.3) is 5.56 Å². The fourth-order valence-electron chi connectivity index (χ4n) is 2.60. The number of ether oxygens (including phenoxy) is 2. The average molecular weight is 525 g/mol. The minimum absolute atomic E-state index is 0.102. The van der Waals surface area contributed by atoms with Gasteiger partial charge < -0.3 is 34.8 Å². The zero-order chi connectivity index (χ0) is 24.2. The quantitative estimate of drug-likeness (QED) is 0.142. The van der Waals surface area contributed by atoms with Gasteiger partial charge in [-0.15, -0.1) is 0 Å². The molecule has 2 heterocycles. The summed E-state index contributed by atoms with van der Waals surface area (Å²) in [5.41, 5.74) is 4.03. The van der Waals surface area contributed by atoms with E-state index in [4.69, 9.17) is 29.9 Å². The summed E-state index contributed by atoms with van der Waals surface area (Å²) in [6.07, 6.45) is -0.0554. The van der Waals surface area contributed by atoms with Crippen molar-refractivity contribution in [2.24, 2.45) is 5.73 Å². The number of aromatic nitrogens is 2. The van der Waals surface area contributed by atoms with Crippen LogP contribution in [0.3, 0.4) is 0 Å². The van der Waals surface area contributed by atoms with E-state index >= 15 is 0 Å². The number of H-pyrrole nitrogens is 1. The van der Waals surface area contributed by atoms with E-state index in [-0.39, 0.29) is 38.2 Å². The number of nitrogens with two attached hydrogens (primary N) is 1. The molecule has 184 valence electrons. The Morgan fingerprint density at radius 1 is 1.12 bits per heavy atom. The second-order valence-electron chi connectivity index (χ2n) is 6.34. The lowest BCUT2D eigenvalue weighted by molar-refractivity contribution is -0.0246. The molecule has 7 N–H and O–H groups in total. The number of aromatic amines is 1. The van der Waals surface area contributed by atoms with Crippen molar-refractivity contribution in [1.29, 1.82) is 0 Å². The summed E-state index contributed by atoms with van der Waals surface area (Å²) in [6, 6.07) is 0. The monoisotopic (exact) mass is 525 g/mol. The molecule has 0 aromatic carbocycles. The molecule has 17 nitrogen and oxygen atoms in total. The van der Waals surface area contributed by atoms with E-state index in [1.165, 1.54) is 6.20 Å². The van der Waals surface area contributed by atoms with Gasteiger partial charge in [0.05, 0.1) is 31.5 Å². The van der Waals surface area contributed by atoms with Crippen molar-refractivity contribution in [1.82, 2.24) is 9.55 Å². The van der Waals surface area contributed by atoms with E-state index in [1.807, 2.05) is 0 Å². The first-order chi connectivity index (χ1) is 14.7. The van der Waals surface area contributed by atoms with Crippen LogP contribution in [0.1, 0.15) is 24.6 Å². The first-order valence-corrected chi connectivity index (χ1v) is 13.3. The fourth-order valence-corrected chi connectivity index (χ4v) is 5.65. The average Bonchev–Trinajstić information content (AvgIpc) is 3.08. The molecule has 2 rings (SSSR count). The zero-order valence-electron chi connectivity index (χ0n) is 16.2. The second-order valence-corrected chi connectivity index (χ2v) is 10.8. The number of hydrogen-bond acceptors (Lipinski definition) is 11. The van der Waals surface area contributed by atoms with Gasteiger partial charge in [-0.25, -0.2) is 18.5 Å². The first-order valence-electron chi connectivity index (χ1n) is 8.77. The molecule has 4 unspecified atom stereocenters. The summed E-state index contributed by atoms with van der Waals surface area (Å²) in [5.74, 6) is 0. The number of nitrogens with zero attached hydrogens (tertiary/aromatic N) is 1. The molecule has 0 spiro atoms. The predicted molar refractivity (Wildman–Crippen MR) is 103 cm³/mol. The van der Waals surface area contributed by atoms with Gasteiger partial charge in [-0.2, -0.15) is 8.62 Å². The topological polar surface area (TPSA) is 259 Å². The van der Waals surface area contributed by atoms with Crippen molar-refractivity contribution in [2.75, 3.05) is 19.8 Å². The second kappa shape index (κ2) is 10.9. The van der Waals surface area contributed by atoms with Crippen molar-refractivity contribution in [3.05, 3.63) is 32.6 Å². The van der Waals surface area contributed by atoms with Crippen molar-refractivity contribution < 1.29 is 55.9 Å². The van der Waals surface area contributed by atoms with Gasteiger partial charge in [0.2, 0.25) is 0 Å². The lowest BCUT2D eigenvalue weighted by atomic mass is 10.2. The van der Waals surface area contributed by atoms with E-state index in [2.05, 4.69) is 18.1 Å². The van der Waals surface area contributed by atoms with Crippen LogP contribution < -0.4 is 17.0 Å². The van der Waals surface area contributed by atoms with Crippen molar-refractivity contribution in [3.63, 3.8) is 0 Å². The number of rotatable bonds is 12. The summed E-state index contributed by atoms with van der Waals surface area (Å²) in [5, 5.41) is 0. The van der Waals surface area contributed by atoms with E-state index in [0.717, 1.165) is 4.57 Å². The van der Waals surface area contributed by atoms with Crippen molar-refractivity contribution >= 4 is 23.5 Å². The molecular weight excluding hydrogens is 503 g/mol. The number of phosphoric ester groups is 1. The Labute approximate surface area is 179 Å². The van der Waals surface area contributed by atoms with Crippen LogP contribution in [0.15, 0.2) is 15.8 Å². The lowest BCUT2D eigenvalue weighted by Crippen LogP contribution is -2.34. The third kappa shape index (κ3) is 8.72. The van der Waals surface area contributed by atoms with Gasteiger partial charge in [-0.05, 0) is 12.8 Å². The van der Waals surface area contributed by atoms with Gasteiger partial charge in [-0.3, -0.25) is 18.9 Å². The molecule has 0 saturated carbocycles. The maximum atomic E-state index is 12.1. The number of nitrogens with one attached hydrogen (secondary N) is 1. The Hall–Kier alpha value is -1.03. The highest BCUT2D eigenvalue weighted by Crippen LogP contribution is 2.66. The van der Waals surface area contributed by atoms with Crippen LogP contribution in [0.2, 0.25) is 0 Å². The number of phosphoric acid groups is 3. The van der Waals surface area contributed by atoms with Gasteiger partial charge in [-0.1, -0.05) is 0 Å². The van der Waals surface area contributed by atoms with Gasteiger partial charge in [0.1, 0.15) is 6.23 Å². The highest BCUT2D eigenvalue weighted by Gasteiger charge is 2.41. The molecule has 1 aliphatic heterocycles.